The Morgan fingerprint density at radius 2 is 1.85 bits per heavy atom. The Morgan fingerprint density at radius 1 is 1.09 bits per heavy atom. The number of nitrogens with zero attached hydrogens (tertiary/aromatic N) is 3. The van der Waals surface area contributed by atoms with Gasteiger partial charge in [-0.2, -0.15) is 10.2 Å². The first-order valence-corrected chi connectivity index (χ1v) is 10.1. The zero-order chi connectivity index (χ0) is 24.0. The molecular weight excluding hydrogens is 435 g/mol. The van der Waals surface area contributed by atoms with Crippen LogP contribution in [-0.2, 0) is 0 Å². The van der Waals surface area contributed by atoms with Gasteiger partial charge in [0.15, 0.2) is 0 Å². The molecule has 0 spiro atoms. The van der Waals surface area contributed by atoms with Crippen LogP contribution < -0.4 is 15.4 Å². The summed E-state index contributed by atoms with van der Waals surface area (Å²) in [6, 6.07) is 15.5. The molecule has 1 heterocycles. The lowest BCUT2D eigenvalue weighted by atomic mass is 10.1. The van der Waals surface area contributed by atoms with Crippen molar-refractivity contribution in [1.29, 1.82) is 5.26 Å². The van der Waals surface area contributed by atoms with E-state index in [4.69, 9.17) is 5.26 Å². The highest BCUT2D eigenvalue weighted by molar-refractivity contribution is 5.69. The van der Waals surface area contributed by atoms with Crippen LogP contribution in [0, 0.1) is 17.2 Å². The van der Waals surface area contributed by atoms with E-state index in [1.807, 2.05) is 13.8 Å². The second-order valence-electron chi connectivity index (χ2n) is 7.53. The first kappa shape index (κ1) is 23.8. The number of aliphatic hydroxyl groups excluding tert-OH is 1. The van der Waals surface area contributed by atoms with Crippen LogP contribution in [-0.4, -0.2) is 34.1 Å². The molecule has 3 rings (SSSR count). The highest BCUT2D eigenvalue weighted by Crippen LogP contribution is 2.29. The highest BCUT2D eigenvalue weighted by Gasteiger charge is 2.31. The Balaban J connectivity index is 2.01. The quantitative estimate of drug-likeness (QED) is 0.433. The fourth-order valence-corrected chi connectivity index (χ4v) is 2.98. The lowest BCUT2D eigenvalue weighted by molar-refractivity contribution is -0.274. The van der Waals surface area contributed by atoms with Gasteiger partial charge < -0.3 is 20.5 Å². The number of hydrogen-bond donors (Lipinski definition) is 3. The van der Waals surface area contributed by atoms with E-state index in [1.165, 1.54) is 18.2 Å². The molecule has 3 N–H and O–H groups in total. The number of ether oxygens (including phenoxy) is 1. The third-order valence-corrected chi connectivity index (χ3v) is 4.67. The van der Waals surface area contributed by atoms with E-state index in [0.29, 0.717) is 28.3 Å². The average molecular weight is 457 g/mol. The normalized spacial score (nSPS) is 12.2. The predicted octanol–water partition coefficient (Wildman–Crippen LogP) is 5.09. The zero-order valence-electron chi connectivity index (χ0n) is 17.9. The molecule has 0 fully saturated rings. The fraction of sp³-hybridized carbons (Fsp3) is 0.261. The molecule has 7 nitrogen and oxygen atoms in total. The number of alkyl halides is 3. The summed E-state index contributed by atoms with van der Waals surface area (Å²) in [5.74, 6) is 0.218. The van der Waals surface area contributed by atoms with Crippen molar-refractivity contribution in [3.8, 4) is 23.1 Å². The van der Waals surface area contributed by atoms with Gasteiger partial charge in [0.25, 0.3) is 0 Å². The highest BCUT2D eigenvalue weighted by atomic mass is 19.4. The van der Waals surface area contributed by atoms with Crippen molar-refractivity contribution in [3.63, 3.8) is 0 Å². The van der Waals surface area contributed by atoms with Crippen molar-refractivity contribution in [1.82, 2.24) is 9.97 Å². The molecule has 3 aromatic rings. The van der Waals surface area contributed by atoms with Crippen molar-refractivity contribution >= 4 is 17.5 Å². The number of aromatic nitrogens is 2. The molecule has 10 heteroatoms. The van der Waals surface area contributed by atoms with Gasteiger partial charge in [-0.05, 0) is 36.2 Å². The van der Waals surface area contributed by atoms with Gasteiger partial charge in [0.1, 0.15) is 11.6 Å². The number of hydrogen-bond acceptors (Lipinski definition) is 7. The number of anilines is 3. The van der Waals surface area contributed by atoms with E-state index in [-0.39, 0.29) is 30.3 Å². The number of nitrogens with one attached hydrogen (secondary N) is 2. The number of halogens is 3. The Bertz CT molecular complexity index is 1150. The van der Waals surface area contributed by atoms with Gasteiger partial charge in [-0.15, -0.1) is 13.2 Å². The summed E-state index contributed by atoms with van der Waals surface area (Å²) in [5.41, 5.74) is 1.76. The Morgan fingerprint density at radius 3 is 2.52 bits per heavy atom. The van der Waals surface area contributed by atoms with E-state index in [2.05, 4.69) is 31.4 Å². The van der Waals surface area contributed by atoms with Crippen molar-refractivity contribution < 1.29 is 23.0 Å². The van der Waals surface area contributed by atoms with Crippen LogP contribution in [0.25, 0.3) is 11.3 Å². The topological polar surface area (TPSA) is 103 Å². The van der Waals surface area contributed by atoms with Gasteiger partial charge >= 0.3 is 6.36 Å². The first-order chi connectivity index (χ1) is 15.7. The van der Waals surface area contributed by atoms with Crippen molar-refractivity contribution in [2.45, 2.75) is 26.3 Å². The van der Waals surface area contributed by atoms with Crippen LogP contribution in [0.5, 0.6) is 5.75 Å². The monoisotopic (exact) mass is 457 g/mol. The van der Waals surface area contributed by atoms with Crippen LogP contribution in [0.15, 0.2) is 54.6 Å². The number of benzene rings is 2. The van der Waals surface area contributed by atoms with E-state index in [1.54, 1.807) is 36.4 Å². The zero-order valence-corrected chi connectivity index (χ0v) is 17.9. The molecule has 0 saturated heterocycles. The second kappa shape index (κ2) is 10.2. The summed E-state index contributed by atoms with van der Waals surface area (Å²) < 4.78 is 42.0. The first-order valence-electron chi connectivity index (χ1n) is 10.1. The SMILES string of the molecule is CC(C)[C@@H](CO)Nc1nc(Nc2cccc(C#N)c2)cc(-c2cccc(OC(F)(F)F)c2)n1. The van der Waals surface area contributed by atoms with Crippen molar-refractivity contribution in [2.75, 3.05) is 17.2 Å². The van der Waals surface area contributed by atoms with Gasteiger partial charge in [0.05, 0.1) is 30.0 Å². The van der Waals surface area contributed by atoms with Crippen LogP contribution in [0.4, 0.5) is 30.6 Å². The Kier molecular flexibility index (Phi) is 7.35. The molecule has 0 aliphatic heterocycles. The lowest BCUT2D eigenvalue weighted by Crippen LogP contribution is -2.30. The minimum absolute atomic E-state index is 0.0643. The minimum atomic E-state index is -4.82. The number of nitriles is 1. The summed E-state index contributed by atoms with van der Waals surface area (Å²) in [6.07, 6.45) is -4.82. The molecule has 0 aliphatic carbocycles. The Labute approximate surface area is 188 Å². The maximum atomic E-state index is 12.7. The van der Waals surface area contributed by atoms with Crippen LogP contribution in [0.1, 0.15) is 19.4 Å². The van der Waals surface area contributed by atoms with Gasteiger partial charge in [-0.25, -0.2) is 4.98 Å². The largest absolute Gasteiger partial charge is 0.573 e. The third-order valence-electron chi connectivity index (χ3n) is 4.67. The van der Waals surface area contributed by atoms with E-state index >= 15 is 0 Å². The van der Waals surface area contributed by atoms with Crippen molar-refractivity contribution in [3.05, 3.63) is 60.2 Å². The van der Waals surface area contributed by atoms with Gasteiger partial charge in [0.2, 0.25) is 5.95 Å². The van der Waals surface area contributed by atoms with Gasteiger partial charge in [-0.3, -0.25) is 0 Å². The van der Waals surface area contributed by atoms with Crippen LogP contribution >= 0.6 is 0 Å². The molecule has 0 radical (unpaired) electrons. The molecular formula is C23H22F3N5O2. The second-order valence-corrected chi connectivity index (χ2v) is 7.53. The van der Waals surface area contributed by atoms with E-state index in [9.17, 15) is 18.3 Å². The van der Waals surface area contributed by atoms with E-state index < -0.39 is 6.36 Å². The van der Waals surface area contributed by atoms with Crippen LogP contribution in [0.3, 0.4) is 0 Å². The molecule has 0 saturated carbocycles. The molecule has 0 amide bonds. The number of rotatable bonds is 8. The smallest absolute Gasteiger partial charge is 0.406 e. The summed E-state index contributed by atoms with van der Waals surface area (Å²) in [6.45, 7) is 3.68. The van der Waals surface area contributed by atoms with E-state index in [0.717, 1.165) is 0 Å². The predicted molar refractivity (Wildman–Crippen MR) is 118 cm³/mol. The molecule has 1 atom stereocenters. The fourth-order valence-electron chi connectivity index (χ4n) is 2.98. The lowest BCUT2D eigenvalue weighted by Gasteiger charge is -2.21. The van der Waals surface area contributed by atoms with Crippen molar-refractivity contribution in [2.24, 2.45) is 5.92 Å². The summed E-state index contributed by atoms with van der Waals surface area (Å²) >= 11 is 0. The molecule has 33 heavy (non-hydrogen) atoms. The van der Waals surface area contributed by atoms with Gasteiger partial charge in [-0.1, -0.05) is 32.0 Å². The standard InChI is InChI=1S/C23H22F3N5O2/c1-14(2)20(13-32)30-22-29-19(16-6-4-8-18(10-16)33-23(24,25)26)11-21(31-22)28-17-7-3-5-15(9-17)12-27/h3-11,14,20,32H,13H2,1-2H3,(H2,28,29,30,31)/t20-/m1/s1. The molecule has 2 aromatic carbocycles. The summed E-state index contributed by atoms with van der Waals surface area (Å²) in [7, 11) is 0. The van der Waals surface area contributed by atoms with Gasteiger partial charge in [0, 0.05) is 17.3 Å². The Hall–Kier alpha value is -3.84. The molecule has 172 valence electrons. The minimum Gasteiger partial charge on any atom is -0.406 e. The molecule has 0 unspecified atom stereocenters. The molecule has 0 bridgehead atoms. The average Bonchev–Trinajstić information content (AvgIpc) is 2.76. The third kappa shape index (κ3) is 6.82. The summed E-state index contributed by atoms with van der Waals surface area (Å²) in [5, 5.41) is 24.9. The molecule has 1 aromatic heterocycles. The molecule has 0 aliphatic rings. The number of aliphatic hydroxyl groups is 1. The summed E-state index contributed by atoms with van der Waals surface area (Å²) in [4.78, 5) is 8.85. The maximum absolute atomic E-state index is 12.7. The maximum Gasteiger partial charge on any atom is 0.573 e. The van der Waals surface area contributed by atoms with Crippen LogP contribution in [0.2, 0.25) is 0 Å².